The Morgan fingerprint density at radius 2 is 2.08 bits per heavy atom. The highest BCUT2D eigenvalue weighted by molar-refractivity contribution is 14.1. The zero-order valence-corrected chi connectivity index (χ0v) is 9.96. The summed E-state index contributed by atoms with van der Waals surface area (Å²) in [7, 11) is 0. The third-order valence-corrected chi connectivity index (χ3v) is 4.76. The molecule has 1 saturated carbocycles. The van der Waals surface area contributed by atoms with Gasteiger partial charge in [-0.25, -0.2) is 3.11 Å². The number of fused-ring (bicyclic) bond motifs is 1. The van der Waals surface area contributed by atoms with Crippen LogP contribution in [0.2, 0.25) is 0 Å². The molecule has 1 nitrogen and oxygen atoms in total. The Hall–Kier alpha value is 0.690. The first-order valence-corrected chi connectivity index (χ1v) is 6.22. The molecule has 1 aliphatic carbocycles. The molecule has 1 unspecified atom stereocenters. The molecule has 2 heteroatoms. The van der Waals surface area contributed by atoms with Gasteiger partial charge in [-0.15, -0.1) is 0 Å². The predicted octanol–water partition coefficient (Wildman–Crippen LogP) is 3.24. The summed E-state index contributed by atoms with van der Waals surface area (Å²) in [4.78, 5) is 0. The van der Waals surface area contributed by atoms with Gasteiger partial charge in [0.2, 0.25) is 0 Å². The first-order valence-electron chi connectivity index (χ1n) is 5.25. The van der Waals surface area contributed by atoms with Gasteiger partial charge in [-0.3, -0.25) is 0 Å². The van der Waals surface area contributed by atoms with E-state index < -0.39 is 0 Å². The van der Waals surface area contributed by atoms with Crippen LogP contribution in [0.15, 0.2) is 0 Å². The summed E-state index contributed by atoms with van der Waals surface area (Å²) in [6, 6.07) is 0.899. The molecule has 2 fully saturated rings. The molecule has 2 rings (SSSR count). The molecule has 0 N–H and O–H groups in total. The summed E-state index contributed by atoms with van der Waals surface area (Å²) < 4.78 is 2.57. The Morgan fingerprint density at radius 3 is 2.83 bits per heavy atom. The van der Waals surface area contributed by atoms with Gasteiger partial charge in [0, 0.05) is 35.5 Å². The lowest BCUT2D eigenvalue weighted by Gasteiger charge is -2.28. The van der Waals surface area contributed by atoms with Gasteiger partial charge in [-0.1, -0.05) is 19.8 Å². The van der Waals surface area contributed by atoms with Gasteiger partial charge in [0.25, 0.3) is 0 Å². The molecule has 3 atom stereocenters. The molecule has 1 aliphatic heterocycles. The van der Waals surface area contributed by atoms with E-state index in [-0.39, 0.29) is 0 Å². The number of halogens is 1. The molecule has 0 spiro atoms. The molecule has 0 bridgehead atoms. The molecule has 0 aromatic rings. The first-order chi connectivity index (χ1) is 5.83. The van der Waals surface area contributed by atoms with Crippen molar-refractivity contribution in [3.05, 3.63) is 0 Å². The third kappa shape index (κ3) is 1.52. The fourth-order valence-corrected chi connectivity index (χ4v) is 4.35. The molecule has 2 aliphatic rings. The molecule has 0 aromatic carbocycles. The van der Waals surface area contributed by atoms with Crippen LogP contribution in [0.25, 0.3) is 0 Å². The molecule has 1 saturated heterocycles. The molecule has 0 aromatic heterocycles. The van der Waals surface area contributed by atoms with E-state index in [0.717, 1.165) is 17.9 Å². The van der Waals surface area contributed by atoms with Crippen molar-refractivity contribution in [2.75, 3.05) is 6.54 Å². The highest BCUT2D eigenvalue weighted by Gasteiger charge is 2.40. The molecule has 1 heterocycles. The zero-order valence-electron chi connectivity index (χ0n) is 7.80. The summed E-state index contributed by atoms with van der Waals surface area (Å²) in [5.74, 6) is 2.08. The fourth-order valence-electron chi connectivity index (χ4n) is 3.04. The third-order valence-electron chi connectivity index (χ3n) is 3.65. The van der Waals surface area contributed by atoms with Crippen LogP contribution in [0.5, 0.6) is 0 Å². The Kier molecular flexibility index (Phi) is 2.95. The van der Waals surface area contributed by atoms with Gasteiger partial charge in [0.1, 0.15) is 0 Å². The van der Waals surface area contributed by atoms with E-state index >= 15 is 0 Å². The van der Waals surface area contributed by atoms with Crippen molar-refractivity contribution in [1.29, 1.82) is 0 Å². The lowest BCUT2D eigenvalue weighted by molar-refractivity contribution is 0.255. The second kappa shape index (κ2) is 3.82. The van der Waals surface area contributed by atoms with Crippen molar-refractivity contribution in [3.63, 3.8) is 0 Å². The van der Waals surface area contributed by atoms with Crippen LogP contribution < -0.4 is 0 Å². The van der Waals surface area contributed by atoms with Crippen molar-refractivity contribution in [2.24, 2.45) is 11.8 Å². The monoisotopic (exact) mass is 279 g/mol. The molecule has 12 heavy (non-hydrogen) atoms. The normalized spacial score (nSPS) is 43.0. The average Bonchev–Trinajstić information content (AvgIpc) is 2.40. The zero-order chi connectivity index (χ0) is 8.55. The van der Waals surface area contributed by atoms with Crippen molar-refractivity contribution in [2.45, 2.75) is 45.1 Å². The molecular weight excluding hydrogens is 261 g/mol. The molecule has 0 radical (unpaired) electrons. The number of nitrogens with zero attached hydrogens (tertiary/aromatic N) is 1. The van der Waals surface area contributed by atoms with E-state index in [0.29, 0.717) is 0 Å². The first kappa shape index (κ1) is 9.25. The number of hydrogen-bond donors (Lipinski definition) is 0. The van der Waals surface area contributed by atoms with Gasteiger partial charge in [-0.2, -0.15) is 0 Å². The van der Waals surface area contributed by atoms with E-state index in [9.17, 15) is 0 Å². The summed E-state index contributed by atoms with van der Waals surface area (Å²) >= 11 is 2.53. The number of rotatable bonds is 1. The topological polar surface area (TPSA) is 3.24 Å². The van der Waals surface area contributed by atoms with E-state index in [1.165, 1.54) is 38.6 Å². The Morgan fingerprint density at radius 1 is 1.33 bits per heavy atom. The van der Waals surface area contributed by atoms with Crippen LogP contribution in [0.1, 0.15) is 39.0 Å². The molecule has 0 amide bonds. The largest absolute Gasteiger partial charge is 0.244 e. The maximum atomic E-state index is 2.57. The van der Waals surface area contributed by atoms with Crippen molar-refractivity contribution in [3.8, 4) is 0 Å². The van der Waals surface area contributed by atoms with Crippen LogP contribution in [0, 0.1) is 11.8 Å². The second-order valence-corrected chi connectivity index (χ2v) is 5.51. The van der Waals surface area contributed by atoms with Crippen molar-refractivity contribution >= 4 is 22.9 Å². The smallest absolute Gasteiger partial charge is 0.0223 e. The summed E-state index contributed by atoms with van der Waals surface area (Å²) in [5.41, 5.74) is 0. The van der Waals surface area contributed by atoms with Crippen LogP contribution >= 0.6 is 22.9 Å². The highest BCUT2D eigenvalue weighted by Crippen LogP contribution is 2.42. The van der Waals surface area contributed by atoms with Gasteiger partial charge in [0.15, 0.2) is 0 Å². The van der Waals surface area contributed by atoms with E-state index in [1.807, 2.05) is 0 Å². The summed E-state index contributed by atoms with van der Waals surface area (Å²) in [6.07, 6.45) is 7.33. The lowest BCUT2D eigenvalue weighted by atomic mass is 9.78. The van der Waals surface area contributed by atoms with Gasteiger partial charge >= 0.3 is 0 Å². The van der Waals surface area contributed by atoms with Crippen LogP contribution in [-0.4, -0.2) is 15.7 Å². The summed E-state index contributed by atoms with van der Waals surface area (Å²) in [6.45, 7) is 3.71. The highest BCUT2D eigenvalue weighted by atomic mass is 127. The van der Waals surface area contributed by atoms with E-state index in [1.54, 1.807) is 0 Å². The lowest BCUT2D eigenvalue weighted by Crippen LogP contribution is -2.26. The van der Waals surface area contributed by atoms with Gasteiger partial charge in [0.05, 0.1) is 0 Å². The Bertz CT molecular complexity index is 160. The second-order valence-electron chi connectivity index (χ2n) is 4.27. The van der Waals surface area contributed by atoms with Crippen LogP contribution in [0.4, 0.5) is 0 Å². The minimum atomic E-state index is 0.899. The van der Waals surface area contributed by atoms with Gasteiger partial charge in [-0.05, 0) is 31.1 Å². The van der Waals surface area contributed by atoms with Crippen LogP contribution in [-0.2, 0) is 0 Å². The maximum absolute atomic E-state index is 2.57. The summed E-state index contributed by atoms with van der Waals surface area (Å²) in [5, 5.41) is 0. The Labute approximate surface area is 89.4 Å². The van der Waals surface area contributed by atoms with Crippen LogP contribution in [0.3, 0.4) is 0 Å². The minimum Gasteiger partial charge on any atom is -0.244 e. The van der Waals surface area contributed by atoms with E-state index in [4.69, 9.17) is 0 Å². The predicted molar refractivity (Wildman–Crippen MR) is 60.3 cm³/mol. The standard InChI is InChI=1S/C10H18IN/c1-2-10-9-6-4-3-5-8(9)7-12(10)11/h8-10H,2-7H2,1H3/t8-,9-,10?/m1/s1. The quantitative estimate of drug-likeness (QED) is 0.526. The SMILES string of the molecule is CCC1[C@@H]2CCCC[C@@H]2CN1I. The maximum Gasteiger partial charge on any atom is 0.0223 e. The average molecular weight is 279 g/mol. The van der Waals surface area contributed by atoms with Crippen molar-refractivity contribution < 1.29 is 0 Å². The number of hydrogen-bond acceptors (Lipinski definition) is 1. The fraction of sp³-hybridized carbons (Fsp3) is 1.00. The molecule has 70 valence electrons. The van der Waals surface area contributed by atoms with E-state index in [2.05, 4.69) is 32.9 Å². The Balaban J connectivity index is 2.05. The molecular formula is C10H18IN. The van der Waals surface area contributed by atoms with Gasteiger partial charge < -0.3 is 0 Å². The minimum absolute atomic E-state index is 0.899. The van der Waals surface area contributed by atoms with Crippen molar-refractivity contribution in [1.82, 2.24) is 3.11 Å².